The van der Waals surface area contributed by atoms with Crippen LogP contribution in [0.2, 0.25) is 0 Å². The number of halogens is 3. The van der Waals surface area contributed by atoms with Crippen LogP contribution in [-0.2, 0) is 16.7 Å². The van der Waals surface area contributed by atoms with Crippen molar-refractivity contribution in [3.8, 4) is 11.5 Å². The van der Waals surface area contributed by atoms with E-state index in [1.807, 2.05) is 30.3 Å². The molecule has 1 aromatic heterocycles. The Hall–Kier alpha value is -3.27. The van der Waals surface area contributed by atoms with Gasteiger partial charge < -0.3 is 14.2 Å². The molecule has 4 rings (SSSR count). The number of rotatable bonds is 6. The Labute approximate surface area is 198 Å². The molecule has 1 aliphatic rings. The zero-order chi connectivity index (χ0) is 24.1. The summed E-state index contributed by atoms with van der Waals surface area (Å²) < 4.78 is 43.6. The molecule has 10 heteroatoms. The van der Waals surface area contributed by atoms with E-state index in [4.69, 9.17) is 4.42 Å². The van der Waals surface area contributed by atoms with Crippen LogP contribution in [0.4, 0.5) is 13.2 Å². The van der Waals surface area contributed by atoms with E-state index in [1.165, 1.54) is 23.9 Å². The first-order valence-corrected chi connectivity index (χ1v) is 11.8. The molecular formula is C24H22F3N3O3S. The first kappa shape index (κ1) is 23.9. The van der Waals surface area contributed by atoms with Crippen molar-refractivity contribution in [3.63, 3.8) is 0 Å². The number of carbonyl (C=O) groups is 2. The van der Waals surface area contributed by atoms with Crippen LogP contribution in [0.25, 0.3) is 11.5 Å². The second-order valence-corrected chi connectivity index (χ2v) is 8.74. The molecule has 6 nitrogen and oxygen atoms in total. The first-order valence-electron chi connectivity index (χ1n) is 10.6. The SMILES string of the molecule is O=C(CSCc1coc(-c2ccccc2)n1)N1CCN(C(=O)c2ccc(C(F)(F)F)cc2)CC1. The maximum Gasteiger partial charge on any atom is 0.416 e. The number of oxazole rings is 1. The third-order valence-corrected chi connectivity index (χ3v) is 6.38. The summed E-state index contributed by atoms with van der Waals surface area (Å²) in [6.45, 7) is 1.43. The predicted octanol–water partition coefficient (Wildman–Crippen LogP) is 4.58. The fourth-order valence-corrected chi connectivity index (χ4v) is 4.37. The van der Waals surface area contributed by atoms with Crippen LogP contribution in [-0.4, -0.2) is 58.5 Å². The molecule has 0 aliphatic carbocycles. The van der Waals surface area contributed by atoms with E-state index < -0.39 is 11.7 Å². The summed E-state index contributed by atoms with van der Waals surface area (Å²) in [4.78, 5) is 32.8. The molecule has 2 amide bonds. The summed E-state index contributed by atoms with van der Waals surface area (Å²) >= 11 is 1.44. The minimum atomic E-state index is -4.44. The molecule has 34 heavy (non-hydrogen) atoms. The minimum absolute atomic E-state index is 0.0293. The maximum absolute atomic E-state index is 12.7. The zero-order valence-corrected chi connectivity index (χ0v) is 18.9. The van der Waals surface area contributed by atoms with Gasteiger partial charge in [-0.25, -0.2) is 4.98 Å². The first-order chi connectivity index (χ1) is 16.3. The Balaban J connectivity index is 1.22. The monoisotopic (exact) mass is 489 g/mol. The molecule has 1 saturated heterocycles. The quantitative estimate of drug-likeness (QED) is 0.507. The maximum atomic E-state index is 12.7. The van der Waals surface area contributed by atoms with Gasteiger partial charge in [0, 0.05) is 43.1 Å². The van der Waals surface area contributed by atoms with Gasteiger partial charge in [0.05, 0.1) is 17.0 Å². The fraction of sp³-hybridized carbons (Fsp3) is 0.292. The third kappa shape index (κ3) is 5.80. The number of benzene rings is 2. The third-order valence-electron chi connectivity index (χ3n) is 5.43. The lowest BCUT2D eigenvalue weighted by Crippen LogP contribution is -2.51. The van der Waals surface area contributed by atoms with Gasteiger partial charge in [-0.15, -0.1) is 11.8 Å². The highest BCUT2D eigenvalue weighted by Crippen LogP contribution is 2.29. The summed E-state index contributed by atoms with van der Waals surface area (Å²) in [6.07, 6.45) is -2.85. The number of thioether (sulfide) groups is 1. The normalized spacial score (nSPS) is 14.3. The molecule has 1 fully saturated rings. The predicted molar refractivity (Wildman–Crippen MR) is 122 cm³/mol. The van der Waals surface area contributed by atoms with E-state index in [2.05, 4.69) is 4.98 Å². The summed E-state index contributed by atoms with van der Waals surface area (Å²) in [7, 11) is 0. The summed E-state index contributed by atoms with van der Waals surface area (Å²) in [5.74, 6) is 0.986. The lowest BCUT2D eigenvalue weighted by molar-refractivity contribution is -0.137. The van der Waals surface area contributed by atoms with E-state index >= 15 is 0 Å². The molecule has 0 saturated carbocycles. The van der Waals surface area contributed by atoms with Gasteiger partial charge in [-0.1, -0.05) is 18.2 Å². The summed E-state index contributed by atoms with van der Waals surface area (Å²) in [5, 5.41) is 0. The van der Waals surface area contributed by atoms with Gasteiger partial charge in [-0.2, -0.15) is 13.2 Å². The number of piperazine rings is 1. The Morgan fingerprint density at radius 1 is 0.941 bits per heavy atom. The molecule has 0 bridgehead atoms. The van der Waals surface area contributed by atoms with Crippen LogP contribution >= 0.6 is 11.8 Å². The number of nitrogens with zero attached hydrogens (tertiary/aromatic N) is 3. The Bertz CT molecular complexity index is 1130. The van der Waals surface area contributed by atoms with Crippen molar-refractivity contribution in [2.75, 3.05) is 31.9 Å². The molecule has 0 spiro atoms. The van der Waals surface area contributed by atoms with E-state index in [0.29, 0.717) is 37.8 Å². The van der Waals surface area contributed by atoms with Crippen LogP contribution in [0, 0.1) is 0 Å². The summed E-state index contributed by atoms with van der Waals surface area (Å²) in [6, 6.07) is 13.7. The van der Waals surface area contributed by atoms with Crippen molar-refractivity contribution in [3.05, 3.63) is 77.7 Å². The summed E-state index contributed by atoms with van der Waals surface area (Å²) in [5.41, 5.74) is 1.05. The Kier molecular flexibility index (Phi) is 7.26. The topological polar surface area (TPSA) is 66.7 Å². The van der Waals surface area contributed by atoms with Crippen molar-refractivity contribution in [2.24, 2.45) is 0 Å². The van der Waals surface area contributed by atoms with Gasteiger partial charge in [0.2, 0.25) is 11.8 Å². The van der Waals surface area contributed by atoms with Crippen molar-refractivity contribution in [2.45, 2.75) is 11.9 Å². The molecule has 0 N–H and O–H groups in total. The van der Waals surface area contributed by atoms with E-state index in [9.17, 15) is 22.8 Å². The smallest absolute Gasteiger partial charge is 0.416 e. The Morgan fingerprint density at radius 3 is 2.24 bits per heavy atom. The van der Waals surface area contributed by atoms with Gasteiger partial charge in [0.15, 0.2) is 0 Å². The van der Waals surface area contributed by atoms with Crippen LogP contribution < -0.4 is 0 Å². The fourth-order valence-electron chi connectivity index (χ4n) is 3.56. The molecule has 1 aliphatic heterocycles. The molecule has 2 aromatic carbocycles. The van der Waals surface area contributed by atoms with Gasteiger partial charge >= 0.3 is 6.18 Å². The average Bonchev–Trinajstić information content (AvgIpc) is 3.33. The molecule has 2 heterocycles. The lowest BCUT2D eigenvalue weighted by Gasteiger charge is -2.34. The highest BCUT2D eigenvalue weighted by atomic mass is 32.2. The average molecular weight is 490 g/mol. The molecule has 3 aromatic rings. The number of hydrogen-bond donors (Lipinski definition) is 0. The van der Waals surface area contributed by atoms with Gasteiger partial charge in [-0.05, 0) is 36.4 Å². The van der Waals surface area contributed by atoms with Crippen molar-refractivity contribution < 1.29 is 27.2 Å². The number of hydrogen-bond acceptors (Lipinski definition) is 5. The largest absolute Gasteiger partial charge is 0.444 e. The van der Waals surface area contributed by atoms with Crippen LogP contribution in [0.15, 0.2) is 65.3 Å². The number of carbonyl (C=O) groups excluding carboxylic acids is 2. The highest BCUT2D eigenvalue weighted by Gasteiger charge is 2.31. The van der Waals surface area contributed by atoms with Gasteiger partial charge in [-0.3, -0.25) is 9.59 Å². The van der Waals surface area contributed by atoms with E-state index in [1.54, 1.807) is 16.1 Å². The highest BCUT2D eigenvalue weighted by molar-refractivity contribution is 7.99. The second-order valence-electron chi connectivity index (χ2n) is 7.75. The standard InChI is InChI=1S/C24H22F3N3O3S/c25-24(26,27)19-8-6-18(7-9-19)23(32)30-12-10-29(11-13-30)21(31)16-34-15-20-14-33-22(28-20)17-4-2-1-3-5-17/h1-9,14H,10-13,15-16H2. The van der Waals surface area contributed by atoms with E-state index in [0.717, 1.165) is 23.4 Å². The second kappa shape index (κ2) is 10.3. The van der Waals surface area contributed by atoms with Crippen molar-refractivity contribution in [1.29, 1.82) is 0 Å². The minimum Gasteiger partial charge on any atom is -0.444 e. The Morgan fingerprint density at radius 2 is 1.59 bits per heavy atom. The molecule has 0 radical (unpaired) electrons. The van der Waals surface area contributed by atoms with E-state index in [-0.39, 0.29) is 23.1 Å². The molecular weight excluding hydrogens is 467 g/mol. The van der Waals surface area contributed by atoms with Gasteiger partial charge in [0.1, 0.15) is 6.26 Å². The number of aromatic nitrogens is 1. The van der Waals surface area contributed by atoms with Crippen molar-refractivity contribution in [1.82, 2.24) is 14.8 Å². The lowest BCUT2D eigenvalue weighted by atomic mass is 10.1. The van der Waals surface area contributed by atoms with Crippen LogP contribution in [0.1, 0.15) is 21.6 Å². The molecule has 0 unspecified atom stereocenters. The molecule has 178 valence electrons. The zero-order valence-electron chi connectivity index (χ0n) is 18.1. The van der Waals surface area contributed by atoms with Crippen LogP contribution in [0.3, 0.4) is 0 Å². The number of amides is 2. The van der Waals surface area contributed by atoms with Gasteiger partial charge in [0.25, 0.3) is 5.91 Å². The number of alkyl halides is 3. The van der Waals surface area contributed by atoms with Crippen molar-refractivity contribution >= 4 is 23.6 Å². The van der Waals surface area contributed by atoms with Crippen LogP contribution in [0.5, 0.6) is 0 Å². The molecule has 0 atom stereocenters.